The highest BCUT2D eigenvalue weighted by Gasteiger charge is 2.06. The summed E-state index contributed by atoms with van der Waals surface area (Å²) in [4.78, 5) is 1.18. The van der Waals surface area contributed by atoms with Gasteiger partial charge in [0.2, 0.25) is 0 Å². The third-order valence-corrected chi connectivity index (χ3v) is 3.60. The van der Waals surface area contributed by atoms with Gasteiger partial charge in [-0.25, -0.2) is 0 Å². The fourth-order valence-electron chi connectivity index (χ4n) is 1.55. The molecule has 2 unspecified atom stereocenters. The van der Waals surface area contributed by atoms with E-state index in [0.29, 0.717) is 5.92 Å². The lowest BCUT2D eigenvalue weighted by Gasteiger charge is -2.13. The lowest BCUT2D eigenvalue weighted by molar-refractivity contribution is 0.163. The zero-order valence-corrected chi connectivity index (χ0v) is 10.7. The first-order valence-electron chi connectivity index (χ1n) is 5.20. The Labute approximate surface area is 100 Å². The van der Waals surface area contributed by atoms with Gasteiger partial charge in [0.25, 0.3) is 0 Å². The minimum atomic E-state index is -0.216. The van der Waals surface area contributed by atoms with Gasteiger partial charge in [0.05, 0.1) is 11.1 Å². The van der Waals surface area contributed by atoms with Gasteiger partial charge in [-0.15, -0.1) is 11.3 Å². The molecule has 0 aliphatic heterocycles. The highest BCUT2D eigenvalue weighted by Crippen LogP contribution is 2.21. The van der Waals surface area contributed by atoms with Crippen molar-refractivity contribution in [3.05, 3.63) is 21.3 Å². The first-order chi connectivity index (χ1) is 7.09. The summed E-state index contributed by atoms with van der Waals surface area (Å²) in [5.74, 6) is 0.490. The number of halogens is 1. The van der Waals surface area contributed by atoms with Crippen LogP contribution in [0.4, 0.5) is 0 Å². The summed E-state index contributed by atoms with van der Waals surface area (Å²) in [6.07, 6.45) is 0.623. The number of aliphatic hydroxyl groups excluding tert-OH is 1. The van der Waals surface area contributed by atoms with Crippen LogP contribution in [0, 0.1) is 5.92 Å². The first-order valence-corrected chi connectivity index (χ1v) is 6.46. The van der Waals surface area contributed by atoms with Gasteiger partial charge in [0.15, 0.2) is 0 Å². The normalized spacial score (nSPS) is 15.2. The minimum Gasteiger partial charge on any atom is -0.393 e. The van der Waals surface area contributed by atoms with Crippen LogP contribution in [-0.4, -0.2) is 17.8 Å². The van der Waals surface area contributed by atoms with Gasteiger partial charge in [0.1, 0.15) is 0 Å². The maximum absolute atomic E-state index is 9.20. The second kappa shape index (κ2) is 6.48. The molecule has 1 aromatic rings. The Bertz CT molecular complexity index is 288. The number of aliphatic hydroxyl groups is 1. The average Bonchev–Trinajstić information content (AvgIpc) is 2.50. The fraction of sp³-hybridized carbons (Fsp3) is 0.636. The Hall–Kier alpha value is -0.0900. The first kappa shape index (κ1) is 13.0. The van der Waals surface area contributed by atoms with Crippen molar-refractivity contribution in [2.75, 3.05) is 6.54 Å². The summed E-state index contributed by atoms with van der Waals surface area (Å²) in [6.45, 7) is 5.70. The summed E-state index contributed by atoms with van der Waals surface area (Å²) < 4.78 is 0. The highest BCUT2D eigenvalue weighted by molar-refractivity contribution is 7.10. The van der Waals surface area contributed by atoms with Crippen LogP contribution >= 0.6 is 22.9 Å². The van der Waals surface area contributed by atoms with Crippen LogP contribution in [-0.2, 0) is 6.54 Å². The molecule has 2 atom stereocenters. The molecule has 1 aromatic heterocycles. The lowest BCUT2D eigenvalue weighted by Crippen LogP contribution is -2.22. The zero-order valence-electron chi connectivity index (χ0n) is 9.16. The summed E-state index contributed by atoms with van der Waals surface area (Å²) in [7, 11) is 0. The second-order valence-electron chi connectivity index (χ2n) is 4.01. The van der Waals surface area contributed by atoms with E-state index < -0.39 is 0 Å². The molecule has 0 amide bonds. The molecule has 0 radical (unpaired) electrons. The molecule has 0 aromatic carbocycles. The average molecular weight is 248 g/mol. The van der Waals surface area contributed by atoms with Crippen LogP contribution in [0.25, 0.3) is 0 Å². The predicted octanol–water partition coefficient (Wildman–Crippen LogP) is 2.90. The van der Waals surface area contributed by atoms with Crippen LogP contribution in [0.5, 0.6) is 0 Å². The molecule has 0 spiro atoms. The van der Waals surface area contributed by atoms with Gasteiger partial charge in [-0.1, -0.05) is 18.5 Å². The van der Waals surface area contributed by atoms with E-state index in [0.717, 1.165) is 24.5 Å². The minimum absolute atomic E-state index is 0.216. The molecule has 0 saturated carbocycles. The Morgan fingerprint density at radius 2 is 2.27 bits per heavy atom. The standard InChI is InChI=1S/C11H18ClNOS/c1-8(5-9(2)14)6-13-7-11-10(12)3-4-15-11/h3-4,8-9,13-14H,5-7H2,1-2H3. The van der Waals surface area contributed by atoms with Crippen molar-refractivity contribution < 1.29 is 5.11 Å². The van der Waals surface area contributed by atoms with Crippen molar-refractivity contribution in [1.82, 2.24) is 5.32 Å². The summed E-state index contributed by atoms with van der Waals surface area (Å²) in [5, 5.41) is 15.4. The van der Waals surface area contributed by atoms with Gasteiger partial charge in [-0.05, 0) is 37.3 Å². The number of nitrogens with one attached hydrogen (secondary N) is 1. The molecule has 15 heavy (non-hydrogen) atoms. The highest BCUT2D eigenvalue weighted by atomic mass is 35.5. The summed E-state index contributed by atoms with van der Waals surface area (Å²) >= 11 is 7.64. The maximum Gasteiger partial charge on any atom is 0.0558 e. The molecular formula is C11H18ClNOS. The monoisotopic (exact) mass is 247 g/mol. The van der Waals surface area contributed by atoms with Gasteiger partial charge in [-0.2, -0.15) is 0 Å². The zero-order chi connectivity index (χ0) is 11.3. The van der Waals surface area contributed by atoms with Crippen molar-refractivity contribution in [2.24, 2.45) is 5.92 Å². The van der Waals surface area contributed by atoms with E-state index in [1.807, 2.05) is 18.4 Å². The van der Waals surface area contributed by atoms with Crippen molar-refractivity contribution >= 4 is 22.9 Å². The Kier molecular flexibility index (Phi) is 5.61. The quantitative estimate of drug-likeness (QED) is 0.810. The fourth-order valence-corrected chi connectivity index (χ4v) is 2.62. The summed E-state index contributed by atoms with van der Waals surface area (Å²) in [6, 6.07) is 1.92. The molecule has 0 fully saturated rings. The topological polar surface area (TPSA) is 32.3 Å². The van der Waals surface area contributed by atoms with Gasteiger partial charge in [-0.3, -0.25) is 0 Å². The van der Waals surface area contributed by atoms with Crippen LogP contribution in [0.1, 0.15) is 25.1 Å². The molecule has 86 valence electrons. The van der Waals surface area contributed by atoms with Crippen molar-refractivity contribution in [1.29, 1.82) is 0 Å². The molecular weight excluding hydrogens is 230 g/mol. The number of hydrogen-bond acceptors (Lipinski definition) is 3. The molecule has 0 bridgehead atoms. The Morgan fingerprint density at radius 1 is 1.53 bits per heavy atom. The molecule has 1 rings (SSSR count). The van der Waals surface area contributed by atoms with Crippen LogP contribution in [0.2, 0.25) is 5.02 Å². The van der Waals surface area contributed by atoms with E-state index in [4.69, 9.17) is 11.6 Å². The lowest BCUT2D eigenvalue weighted by atomic mass is 10.1. The third-order valence-electron chi connectivity index (χ3n) is 2.21. The van der Waals surface area contributed by atoms with E-state index in [9.17, 15) is 5.11 Å². The van der Waals surface area contributed by atoms with E-state index in [-0.39, 0.29) is 6.10 Å². The molecule has 4 heteroatoms. The van der Waals surface area contributed by atoms with E-state index in [2.05, 4.69) is 12.2 Å². The van der Waals surface area contributed by atoms with Crippen molar-refractivity contribution in [3.63, 3.8) is 0 Å². The Morgan fingerprint density at radius 3 is 2.80 bits per heavy atom. The number of thiophene rings is 1. The van der Waals surface area contributed by atoms with Gasteiger partial charge < -0.3 is 10.4 Å². The molecule has 0 aliphatic carbocycles. The molecule has 0 aliphatic rings. The van der Waals surface area contributed by atoms with Crippen LogP contribution in [0.15, 0.2) is 11.4 Å². The van der Waals surface area contributed by atoms with Crippen molar-refractivity contribution in [3.8, 4) is 0 Å². The molecule has 2 N–H and O–H groups in total. The van der Waals surface area contributed by atoms with E-state index in [1.54, 1.807) is 11.3 Å². The predicted molar refractivity (Wildman–Crippen MR) is 66.5 cm³/mol. The molecule has 0 saturated heterocycles. The summed E-state index contributed by atoms with van der Waals surface area (Å²) in [5.41, 5.74) is 0. The largest absolute Gasteiger partial charge is 0.393 e. The van der Waals surface area contributed by atoms with Crippen molar-refractivity contribution in [2.45, 2.75) is 32.9 Å². The Balaban J connectivity index is 2.19. The smallest absolute Gasteiger partial charge is 0.0558 e. The number of hydrogen-bond donors (Lipinski definition) is 2. The third kappa shape index (κ3) is 4.98. The molecule has 1 heterocycles. The van der Waals surface area contributed by atoms with Crippen LogP contribution in [0.3, 0.4) is 0 Å². The SMILES string of the molecule is CC(O)CC(C)CNCc1sccc1Cl. The van der Waals surface area contributed by atoms with Gasteiger partial charge >= 0.3 is 0 Å². The van der Waals surface area contributed by atoms with E-state index in [1.165, 1.54) is 4.88 Å². The number of rotatable bonds is 6. The van der Waals surface area contributed by atoms with Crippen LogP contribution < -0.4 is 5.32 Å². The maximum atomic E-state index is 9.20. The van der Waals surface area contributed by atoms with E-state index >= 15 is 0 Å². The molecule has 2 nitrogen and oxygen atoms in total. The second-order valence-corrected chi connectivity index (χ2v) is 5.42. The van der Waals surface area contributed by atoms with Gasteiger partial charge in [0, 0.05) is 11.4 Å².